The Bertz CT molecular complexity index is 371. The van der Waals surface area contributed by atoms with Crippen molar-refractivity contribution in [3.8, 4) is 0 Å². The summed E-state index contributed by atoms with van der Waals surface area (Å²) in [4.78, 5) is 16.8. The number of nitrogens with zero attached hydrogens (tertiary/aromatic N) is 2. The van der Waals surface area contributed by atoms with Crippen molar-refractivity contribution < 1.29 is 9.90 Å². The summed E-state index contributed by atoms with van der Waals surface area (Å²) in [6.07, 6.45) is 8.72. The minimum absolute atomic E-state index is 0.0749. The molecule has 126 valence electrons. The monoisotopic (exact) mass is 309 g/mol. The lowest BCUT2D eigenvalue weighted by Crippen LogP contribution is -2.49. The summed E-state index contributed by atoms with van der Waals surface area (Å²) in [6, 6.07) is 0.384. The van der Waals surface area contributed by atoms with E-state index in [1.165, 1.54) is 32.2 Å². The van der Waals surface area contributed by atoms with Gasteiger partial charge in [-0.2, -0.15) is 0 Å². The molecule has 1 saturated carbocycles. The number of urea groups is 1. The van der Waals surface area contributed by atoms with E-state index in [0.29, 0.717) is 12.6 Å². The predicted octanol–water partition coefficient (Wildman–Crippen LogP) is 1.66. The van der Waals surface area contributed by atoms with Crippen molar-refractivity contribution in [2.45, 2.75) is 51.0 Å². The molecule has 0 spiro atoms. The van der Waals surface area contributed by atoms with Gasteiger partial charge in [0.2, 0.25) is 0 Å². The van der Waals surface area contributed by atoms with Crippen LogP contribution in [0.3, 0.4) is 0 Å². The molecule has 0 aromatic heterocycles. The van der Waals surface area contributed by atoms with Crippen LogP contribution in [0.1, 0.15) is 44.9 Å². The van der Waals surface area contributed by atoms with Crippen LogP contribution in [-0.4, -0.2) is 66.3 Å². The summed E-state index contributed by atoms with van der Waals surface area (Å²) in [5.74, 6) is 1.16. The lowest BCUT2D eigenvalue weighted by atomic mass is 9.99. The smallest absolute Gasteiger partial charge is 0.317 e. The van der Waals surface area contributed by atoms with E-state index < -0.39 is 0 Å². The fraction of sp³-hybridized carbons (Fsp3) is 0.941. The predicted molar refractivity (Wildman–Crippen MR) is 86.7 cm³/mol. The minimum Gasteiger partial charge on any atom is -0.396 e. The highest BCUT2D eigenvalue weighted by atomic mass is 16.3. The molecule has 2 N–H and O–H groups in total. The highest BCUT2D eigenvalue weighted by molar-refractivity contribution is 5.74. The molecule has 0 bridgehead atoms. The Morgan fingerprint density at radius 3 is 2.55 bits per heavy atom. The van der Waals surface area contributed by atoms with Gasteiger partial charge in [0, 0.05) is 45.4 Å². The molecule has 3 fully saturated rings. The summed E-state index contributed by atoms with van der Waals surface area (Å²) < 4.78 is 0. The number of nitrogens with one attached hydrogen (secondary N) is 1. The molecule has 3 rings (SSSR count). The van der Waals surface area contributed by atoms with Gasteiger partial charge in [-0.3, -0.25) is 0 Å². The quantitative estimate of drug-likeness (QED) is 0.830. The minimum atomic E-state index is 0.0749. The third kappa shape index (κ3) is 4.13. The highest BCUT2D eigenvalue weighted by Gasteiger charge is 2.29. The van der Waals surface area contributed by atoms with E-state index in [2.05, 4.69) is 10.2 Å². The van der Waals surface area contributed by atoms with E-state index >= 15 is 0 Å². The lowest BCUT2D eigenvalue weighted by molar-refractivity contribution is 0.128. The maximum Gasteiger partial charge on any atom is 0.317 e. The van der Waals surface area contributed by atoms with Crippen LogP contribution in [0.25, 0.3) is 0 Å². The van der Waals surface area contributed by atoms with Crippen LogP contribution in [-0.2, 0) is 0 Å². The van der Waals surface area contributed by atoms with Crippen molar-refractivity contribution in [3.63, 3.8) is 0 Å². The van der Waals surface area contributed by atoms with Crippen LogP contribution in [0.2, 0.25) is 0 Å². The molecule has 3 aliphatic rings. The van der Waals surface area contributed by atoms with E-state index in [1.807, 2.05) is 4.90 Å². The van der Waals surface area contributed by atoms with Gasteiger partial charge in [0.15, 0.2) is 0 Å². The molecular formula is C17H31N3O2. The molecule has 1 aliphatic carbocycles. The Kier molecular flexibility index (Phi) is 5.58. The van der Waals surface area contributed by atoms with E-state index in [1.54, 1.807) is 0 Å². The third-order valence-electron chi connectivity index (χ3n) is 5.66. The van der Waals surface area contributed by atoms with Crippen LogP contribution < -0.4 is 5.32 Å². The van der Waals surface area contributed by atoms with E-state index in [9.17, 15) is 9.90 Å². The number of aliphatic hydroxyl groups excluding tert-OH is 1. The fourth-order valence-corrected chi connectivity index (χ4v) is 4.34. The zero-order valence-corrected chi connectivity index (χ0v) is 13.7. The zero-order chi connectivity index (χ0) is 15.4. The number of hydrogen-bond acceptors (Lipinski definition) is 3. The number of hydrogen-bond donors (Lipinski definition) is 2. The molecule has 0 aromatic carbocycles. The second kappa shape index (κ2) is 7.64. The second-order valence-electron chi connectivity index (χ2n) is 7.48. The molecular weight excluding hydrogens is 278 g/mol. The second-order valence-corrected chi connectivity index (χ2v) is 7.48. The number of likely N-dealkylation sites (tertiary alicyclic amines) is 2. The van der Waals surface area contributed by atoms with Crippen LogP contribution in [0, 0.1) is 11.8 Å². The number of amides is 2. The molecule has 0 aromatic rings. The van der Waals surface area contributed by atoms with Gasteiger partial charge in [0.05, 0.1) is 0 Å². The van der Waals surface area contributed by atoms with Crippen LogP contribution in [0.5, 0.6) is 0 Å². The van der Waals surface area contributed by atoms with Gasteiger partial charge in [-0.05, 0) is 43.9 Å². The summed E-state index contributed by atoms with van der Waals surface area (Å²) in [6.45, 7) is 5.10. The normalized spacial score (nSPS) is 30.9. The number of carbonyl (C=O) groups excluding carboxylic acids is 1. The van der Waals surface area contributed by atoms with Crippen molar-refractivity contribution in [2.24, 2.45) is 11.8 Å². The Labute approximate surface area is 134 Å². The van der Waals surface area contributed by atoms with Gasteiger partial charge < -0.3 is 20.2 Å². The van der Waals surface area contributed by atoms with Crippen molar-refractivity contribution in [2.75, 3.05) is 39.3 Å². The number of aliphatic hydroxyl groups is 1. The largest absolute Gasteiger partial charge is 0.396 e. The van der Waals surface area contributed by atoms with Gasteiger partial charge in [-0.15, -0.1) is 0 Å². The third-order valence-corrected chi connectivity index (χ3v) is 5.66. The van der Waals surface area contributed by atoms with Gasteiger partial charge in [-0.1, -0.05) is 12.8 Å². The van der Waals surface area contributed by atoms with E-state index in [0.717, 1.165) is 44.8 Å². The van der Waals surface area contributed by atoms with Crippen LogP contribution >= 0.6 is 0 Å². The zero-order valence-electron chi connectivity index (χ0n) is 13.7. The first-order chi connectivity index (χ1) is 10.7. The highest BCUT2D eigenvalue weighted by Crippen LogP contribution is 2.26. The van der Waals surface area contributed by atoms with Gasteiger partial charge in [-0.25, -0.2) is 4.79 Å². The molecule has 5 nitrogen and oxygen atoms in total. The summed E-state index contributed by atoms with van der Waals surface area (Å²) >= 11 is 0. The molecule has 2 unspecified atom stereocenters. The number of rotatable bonds is 4. The Balaban J connectivity index is 1.40. The van der Waals surface area contributed by atoms with Crippen molar-refractivity contribution >= 4 is 6.03 Å². The first kappa shape index (κ1) is 16.1. The van der Waals surface area contributed by atoms with E-state index in [-0.39, 0.29) is 18.6 Å². The van der Waals surface area contributed by atoms with Crippen molar-refractivity contribution in [1.82, 2.24) is 15.1 Å². The summed E-state index contributed by atoms with van der Waals surface area (Å²) in [5.41, 5.74) is 0. The first-order valence-electron chi connectivity index (χ1n) is 9.13. The van der Waals surface area contributed by atoms with Gasteiger partial charge >= 0.3 is 6.03 Å². The van der Waals surface area contributed by atoms with Crippen molar-refractivity contribution in [1.29, 1.82) is 0 Å². The van der Waals surface area contributed by atoms with Crippen molar-refractivity contribution in [3.05, 3.63) is 0 Å². The van der Waals surface area contributed by atoms with Gasteiger partial charge in [0.1, 0.15) is 0 Å². The molecule has 2 aliphatic heterocycles. The SMILES string of the molecule is O=C(NC1CCN(CC2CCCC2)C1)N1CCCC(CO)C1. The number of piperidine rings is 1. The molecule has 5 heteroatoms. The average Bonchev–Trinajstić information content (AvgIpc) is 3.20. The molecule has 2 saturated heterocycles. The summed E-state index contributed by atoms with van der Waals surface area (Å²) in [7, 11) is 0. The Hall–Kier alpha value is -0.810. The molecule has 2 atom stereocenters. The molecule has 2 heterocycles. The number of carbonyl (C=O) groups is 1. The average molecular weight is 309 g/mol. The van der Waals surface area contributed by atoms with Crippen LogP contribution in [0.4, 0.5) is 4.79 Å². The molecule has 2 amide bonds. The molecule has 0 radical (unpaired) electrons. The summed E-state index contributed by atoms with van der Waals surface area (Å²) in [5, 5.41) is 12.5. The van der Waals surface area contributed by atoms with E-state index in [4.69, 9.17) is 0 Å². The topological polar surface area (TPSA) is 55.8 Å². The van der Waals surface area contributed by atoms with Gasteiger partial charge in [0.25, 0.3) is 0 Å². The lowest BCUT2D eigenvalue weighted by Gasteiger charge is -2.32. The van der Waals surface area contributed by atoms with Crippen LogP contribution in [0.15, 0.2) is 0 Å². The first-order valence-corrected chi connectivity index (χ1v) is 9.13. The Morgan fingerprint density at radius 1 is 1.00 bits per heavy atom. The standard InChI is InChI=1S/C17H31N3O2/c21-13-15-6-3-8-20(11-15)17(22)18-16-7-9-19(12-16)10-14-4-1-2-5-14/h14-16,21H,1-13H2,(H,18,22). The maximum absolute atomic E-state index is 12.4. The fourth-order valence-electron chi connectivity index (χ4n) is 4.34. The maximum atomic E-state index is 12.4. The Morgan fingerprint density at radius 2 is 1.77 bits per heavy atom. The molecule has 22 heavy (non-hydrogen) atoms.